The van der Waals surface area contributed by atoms with E-state index < -0.39 is 11.5 Å². The molecule has 2 unspecified atom stereocenters. The van der Waals surface area contributed by atoms with Gasteiger partial charge in [0.2, 0.25) is 11.6 Å². The summed E-state index contributed by atoms with van der Waals surface area (Å²) >= 11 is 0. The fraction of sp³-hybridized carbons (Fsp3) is 0.425. The molecule has 0 bridgehead atoms. The Morgan fingerprint density at radius 1 is 0.980 bits per heavy atom. The van der Waals surface area contributed by atoms with Crippen LogP contribution in [-0.4, -0.2) is 32.1 Å². The molecule has 1 aliphatic heterocycles. The number of ketones is 1. The van der Waals surface area contributed by atoms with Crippen molar-refractivity contribution in [3.8, 4) is 34.3 Å². The summed E-state index contributed by atoms with van der Waals surface area (Å²) in [6, 6.07) is 9.45. The number of carbonyl (C=O) groups excluding carboxylic acids is 1. The van der Waals surface area contributed by atoms with Crippen LogP contribution in [0.25, 0.3) is 22.1 Å². The number of nitrogen functional groups attached to an aromatic ring is 1. The van der Waals surface area contributed by atoms with E-state index in [1.165, 1.54) is 21.3 Å². The van der Waals surface area contributed by atoms with Crippen molar-refractivity contribution in [2.24, 2.45) is 5.41 Å². The third-order valence-corrected chi connectivity index (χ3v) is 10.5. The number of hydrogen-bond donors (Lipinski definition) is 1. The largest absolute Gasteiger partial charge is 0.493 e. The van der Waals surface area contributed by atoms with Crippen LogP contribution in [0.4, 0.5) is 5.69 Å². The fourth-order valence-electron chi connectivity index (χ4n) is 7.88. The van der Waals surface area contributed by atoms with Crippen LogP contribution in [-0.2, 0) is 17.6 Å². The van der Waals surface area contributed by atoms with Gasteiger partial charge in [0.25, 0.3) is 0 Å². The maximum Gasteiger partial charge on any atom is 0.344 e. The van der Waals surface area contributed by atoms with Crippen molar-refractivity contribution >= 4 is 22.4 Å². The minimum atomic E-state index is -0.481. The molecule has 0 fully saturated rings. The summed E-state index contributed by atoms with van der Waals surface area (Å²) in [6.45, 7) is 8.42. The number of allylic oxidation sites excluding steroid dienone is 2. The summed E-state index contributed by atoms with van der Waals surface area (Å²) in [5, 5.41) is 0.736. The molecule has 3 aliphatic rings. The first-order chi connectivity index (χ1) is 23.5. The number of ether oxygens (including phenoxy) is 4. The Morgan fingerprint density at radius 2 is 1.69 bits per heavy atom. The minimum absolute atomic E-state index is 0.0573. The summed E-state index contributed by atoms with van der Waals surface area (Å²) in [6.07, 6.45) is 5.65. The van der Waals surface area contributed by atoms with Gasteiger partial charge in [-0.25, -0.2) is 9.78 Å². The lowest BCUT2D eigenvalue weighted by Crippen LogP contribution is -2.34. The molecule has 2 N–H and O–H groups in total. The Kier molecular flexibility index (Phi) is 8.20. The van der Waals surface area contributed by atoms with Crippen LogP contribution in [0.3, 0.4) is 0 Å². The first-order valence-corrected chi connectivity index (χ1v) is 17.2. The second-order valence-electron chi connectivity index (χ2n) is 14.4. The molecule has 7 rings (SSSR count). The standard InChI is InChI=1S/C40H44N2O7/c1-8-20(2)25-14-22(13-23-15-26(39(44)49-36(23)25)21-16-29(45-5)37(47-7)30(17-21)46-6)32-33-28(43)18-40(3,4)19-31(33)48-38-34(32)35(41)24-11-9-10-12-27(24)42-38/h13-17,20,32H,8-12,18-19H2,1-7H3,(H2,41,42). The quantitative estimate of drug-likeness (QED) is 0.196. The average Bonchev–Trinajstić information content (AvgIpc) is 3.08. The van der Waals surface area contributed by atoms with E-state index in [1.54, 1.807) is 12.1 Å². The van der Waals surface area contributed by atoms with Crippen molar-refractivity contribution in [3.05, 3.63) is 80.0 Å². The second-order valence-corrected chi connectivity index (χ2v) is 14.4. The molecule has 2 atom stereocenters. The van der Waals surface area contributed by atoms with Crippen molar-refractivity contribution in [1.82, 2.24) is 4.98 Å². The van der Waals surface area contributed by atoms with Gasteiger partial charge < -0.3 is 29.1 Å². The molecule has 49 heavy (non-hydrogen) atoms. The van der Waals surface area contributed by atoms with Gasteiger partial charge in [-0.15, -0.1) is 0 Å². The summed E-state index contributed by atoms with van der Waals surface area (Å²) < 4.78 is 29.4. The number of Topliss-reactive ketones (excluding diaryl/α,β-unsaturated/α-hetero) is 1. The predicted molar refractivity (Wildman–Crippen MR) is 189 cm³/mol. The number of anilines is 1. The molecule has 256 valence electrons. The van der Waals surface area contributed by atoms with Crippen molar-refractivity contribution in [1.29, 1.82) is 0 Å². The molecule has 3 heterocycles. The molecular formula is C40H44N2O7. The second kappa shape index (κ2) is 12.3. The Labute approximate surface area is 286 Å². The number of fused-ring (bicyclic) bond motifs is 3. The van der Waals surface area contributed by atoms with Crippen molar-refractivity contribution in [3.63, 3.8) is 0 Å². The normalized spacial score (nSPS) is 18.7. The molecule has 2 aromatic carbocycles. The lowest BCUT2D eigenvalue weighted by Gasteiger charge is -2.39. The van der Waals surface area contributed by atoms with E-state index in [0.717, 1.165) is 65.4 Å². The van der Waals surface area contributed by atoms with E-state index in [2.05, 4.69) is 33.8 Å². The third-order valence-electron chi connectivity index (χ3n) is 10.5. The van der Waals surface area contributed by atoms with Crippen LogP contribution >= 0.6 is 0 Å². The van der Waals surface area contributed by atoms with Crippen molar-refractivity contribution in [2.75, 3.05) is 27.1 Å². The summed E-state index contributed by atoms with van der Waals surface area (Å²) in [5.74, 6) is 2.08. The number of aryl methyl sites for hydroxylation is 1. The molecule has 2 aromatic heterocycles. The maximum atomic E-state index is 14.1. The molecule has 0 saturated heterocycles. The SMILES string of the molecule is CCC(C)c1cc(C2C3=C(CC(C)(C)CC3=O)Oc3nc4c(c(N)c32)CCCC4)cc2cc(-c3cc(OC)c(OC)c(OC)c3)c(=O)oc12. The zero-order chi connectivity index (χ0) is 34.8. The fourth-order valence-corrected chi connectivity index (χ4v) is 7.88. The first kappa shape index (κ1) is 32.7. The zero-order valence-corrected chi connectivity index (χ0v) is 29.4. The van der Waals surface area contributed by atoms with Gasteiger partial charge in [-0.1, -0.05) is 33.8 Å². The number of methoxy groups -OCH3 is 3. The van der Waals surface area contributed by atoms with E-state index in [1.807, 2.05) is 12.1 Å². The van der Waals surface area contributed by atoms with Crippen molar-refractivity contribution in [2.45, 2.75) is 84.5 Å². The number of hydrogen-bond acceptors (Lipinski definition) is 9. The number of rotatable bonds is 7. The summed E-state index contributed by atoms with van der Waals surface area (Å²) in [4.78, 5) is 32.9. The highest BCUT2D eigenvalue weighted by Gasteiger charge is 2.44. The highest BCUT2D eigenvalue weighted by atomic mass is 16.5. The molecule has 0 radical (unpaired) electrons. The number of nitrogens with zero attached hydrogens (tertiary/aromatic N) is 1. The van der Waals surface area contributed by atoms with E-state index in [9.17, 15) is 9.59 Å². The molecule has 4 aromatic rings. The van der Waals surface area contributed by atoms with Gasteiger partial charge >= 0.3 is 5.63 Å². The summed E-state index contributed by atoms with van der Waals surface area (Å²) in [7, 11) is 4.61. The molecule has 2 aliphatic carbocycles. The molecule has 9 nitrogen and oxygen atoms in total. The van der Waals surface area contributed by atoms with Crippen LogP contribution in [0, 0.1) is 5.41 Å². The highest BCUT2D eigenvalue weighted by Crippen LogP contribution is 2.53. The Balaban J connectivity index is 1.51. The molecule has 9 heteroatoms. The van der Waals surface area contributed by atoms with E-state index in [4.69, 9.17) is 34.1 Å². The lowest BCUT2D eigenvalue weighted by molar-refractivity contribution is -0.118. The smallest absolute Gasteiger partial charge is 0.344 e. The van der Waals surface area contributed by atoms with Gasteiger partial charge in [-0.05, 0) is 90.0 Å². The predicted octanol–water partition coefficient (Wildman–Crippen LogP) is 8.02. The van der Waals surface area contributed by atoms with E-state index >= 15 is 0 Å². The molecule has 0 saturated carbocycles. The van der Waals surface area contributed by atoms with Crippen LogP contribution < -0.4 is 30.3 Å². The number of nitrogens with two attached hydrogens (primary N) is 1. The van der Waals surface area contributed by atoms with Crippen LogP contribution in [0.2, 0.25) is 0 Å². The number of pyridine rings is 1. The van der Waals surface area contributed by atoms with Gasteiger partial charge in [0.05, 0.1) is 32.5 Å². The highest BCUT2D eigenvalue weighted by molar-refractivity contribution is 6.01. The lowest BCUT2D eigenvalue weighted by atomic mass is 9.69. The molecule has 0 spiro atoms. The van der Waals surface area contributed by atoms with Gasteiger partial charge in [0, 0.05) is 41.1 Å². The number of carbonyl (C=O) groups is 1. The van der Waals surface area contributed by atoms with Gasteiger partial charge in [-0.2, -0.15) is 0 Å². The molecule has 0 amide bonds. The Bertz CT molecular complexity index is 2080. The number of aromatic nitrogens is 1. The van der Waals surface area contributed by atoms with Crippen LogP contribution in [0.5, 0.6) is 23.1 Å². The molecular weight excluding hydrogens is 620 g/mol. The van der Waals surface area contributed by atoms with Gasteiger partial charge in [0.1, 0.15) is 11.3 Å². The van der Waals surface area contributed by atoms with Crippen molar-refractivity contribution < 1.29 is 28.2 Å². The monoisotopic (exact) mass is 664 g/mol. The Hall–Kier alpha value is -4.79. The van der Waals surface area contributed by atoms with Gasteiger partial charge in [-0.3, -0.25) is 4.79 Å². The topological polar surface area (TPSA) is 123 Å². The van der Waals surface area contributed by atoms with Crippen LogP contribution in [0.1, 0.15) is 99.6 Å². The summed E-state index contributed by atoms with van der Waals surface area (Å²) in [5.41, 5.74) is 13.7. The van der Waals surface area contributed by atoms with E-state index in [-0.39, 0.29) is 17.1 Å². The van der Waals surface area contributed by atoms with E-state index in [0.29, 0.717) is 69.7 Å². The van der Waals surface area contributed by atoms with Gasteiger partial charge in [0.15, 0.2) is 17.3 Å². The number of benzene rings is 2. The maximum absolute atomic E-state index is 14.1. The Morgan fingerprint density at radius 3 is 2.37 bits per heavy atom. The third kappa shape index (κ3) is 5.43. The zero-order valence-electron chi connectivity index (χ0n) is 29.4. The van der Waals surface area contributed by atoms with Crippen LogP contribution in [0.15, 0.2) is 50.9 Å². The minimum Gasteiger partial charge on any atom is -0.493 e. The average molecular weight is 665 g/mol. The first-order valence-electron chi connectivity index (χ1n) is 17.2.